The SMILES string of the molecule is CCOC(=O)C[C@H]1CC[C@H](N2CCOCC2)CC1. The molecule has 1 aliphatic heterocycles. The van der Waals surface area contributed by atoms with Crippen LogP contribution in [0.4, 0.5) is 0 Å². The highest BCUT2D eigenvalue weighted by molar-refractivity contribution is 5.69. The van der Waals surface area contributed by atoms with Crippen molar-refractivity contribution in [3.8, 4) is 0 Å². The summed E-state index contributed by atoms with van der Waals surface area (Å²) in [4.78, 5) is 14.0. The molecule has 1 aliphatic carbocycles. The third kappa shape index (κ3) is 3.95. The first-order chi connectivity index (χ1) is 8.79. The molecule has 0 bridgehead atoms. The van der Waals surface area contributed by atoms with E-state index in [-0.39, 0.29) is 5.97 Å². The number of morpholine rings is 1. The summed E-state index contributed by atoms with van der Waals surface area (Å²) in [5.41, 5.74) is 0. The van der Waals surface area contributed by atoms with Gasteiger partial charge >= 0.3 is 5.97 Å². The molecule has 2 aliphatic rings. The summed E-state index contributed by atoms with van der Waals surface area (Å²) in [6.45, 7) is 6.28. The molecule has 2 rings (SSSR count). The fraction of sp³-hybridized carbons (Fsp3) is 0.929. The van der Waals surface area contributed by atoms with Gasteiger partial charge in [0.2, 0.25) is 0 Å². The van der Waals surface area contributed by atoms with Crippen LogP contribution in [0.1, 0.15) is 39.0 Å². The standard InChI is InChI=1S/C14H25NO3/c1-2-18-14(16)11-12-3-5-13(6-4-12)15-7-9-17-10-8-15/h12-13H,2-11H2,1H3/t12-,13-. The quantitative estimate of drug-likeness (QED) is 0.718. The van der Waals surface area contributed by atoms with Crippen LogP contribution in [0, 0.1) is 5.92 Å². The molecule has 0 radical (unpaired) electrons. The van der Waals surface area contributed by atoms with Gasteiger partial charge in [-0.3, -0.25) is 9.69 Å². The Hall–Kier alpha value is -0.610. The minimum absolute atomic E-state index is 0.0210. The predicted octanol–water partition coefficient (Wildman–Crippen LogP) is 1.83. The molecule has 104 valence electrons. The summed E-state index contributed by atoms with van der Waals surface area (Å²) in [7, 11) is 0. The van der Waals surface area contributed by atoms with Gasteiger partial charge in [0.05, 0.1) is 19.8 Å². The van der Waals surface area contributed by atoms with Gasteiger partial charge in [-0.2, -0.15) is 0 Å². The van der Waals surface area contributed by atoms with Crippen molar-refractivity contribution in [1.29, 1.82) is 0 Å². The molecule has 0 unspecified atom stereocenters. The second-order valence-corrected chi connectivity index (χ2v) is 5.33. The van der Waals surface area contributed by atoms with E-state index < -0.39 is 0 Å². The fourth-order valence-electron chi connectivity index (χ4n) is 3.11. The van der Waals surface area contributed by atoms with Crippen LogP contribution in [-0.2, 0) is 14.3 Å². The van der Waals surface area contributed by atoms with Gasteiger partial charge in [0.1, 0.15) is 0 Å². The first kappa shape index (κ1) is 13.8. The summed E-state index contributed by atoms with van der Waals surface area (Å²) in [5.74, 6) is 0.522. The second kappa shape index (κ2) is 7.10. The largest absolute Gasteiger partial charge is 0.466 e. The van der Waals surface area contributed by atoms with Crippen LogP contribution < -0.4 is 0 Å². The Morgan fingerprint density at radius 1 is 1.22 bits per heavy atom. The van der Waals surface area contributed by atoms with Crippen molar-refractivity contribution >= 4 is 5.97 Å². The first-order valence-corrected chi connectivity index (χ1v) is 7.27. The first-order valence-electron chi connectivity index (χ1n) is 7.27. The van der Waals surface area contributed by atoms with Gasteiger partial charge < -0.3 is 9.47 Å². The van der Waals surface area contributed by atoms with E-state index in [1.807, 2.05) is 6.92 Å². The van der Waals surface area contributed by atoms with Gasteiger partial charge in [-0.1, -0.05) is 0 Å². The number of carbonyl (C=O) groups excluding carboxylic acids is 1. The average Bonchev–Trinajstić information content (AvgIpc) is 2.41. The number of rotatable bonds is 4. The molecule has 4 nitrogen and oxygen atoms in total. The molecular formula is C14H25NO3. The Morgan fingerprint density at radius 3 is 2.50 bits per heavy atom. The lowest BCUT2D eigenvalue weighted by atomic mass is 9.83. The van der Waals surface area contributed by atoms with Gasteiger partial charge in [-0.25, -0.2) is 0 Å². The third-order valence-electron chi connectivity index (χ3n) is 4.14. The summed E-state index contributed by atoms with van der Waals surface area (Å²) in [5, 5.41) is 0. The van der Waals surface area contributed by atoms with E-state index in [0.29, 0.717) is 25.0 Å². The Labute approximate surface area is 110 Å². The van der Waals surface area contributed by atoms with Crippen molar-refractivity contribution in [2.24, 2.45) is 5.92 Å². The molecule has 0 N–H and O–H groups in total. The number of nitrogens with zero attached hydrogens (tertiary/aromatic N) is 1. The number of esters is 1. The number of hydrogen-bond donors (Lipinski definition) is 0. The second-order valence-electron chi connectivity index (χ2n) is 5.33. The zero-order valence-corrected chi connectivity index (χ0v) is 11.4. The average molecular weight is 255 g/mol. The van der Waals surface area contributed by atoms with Crippen molar-refractivity contribution in [2.75, 3.05) is 32.9 Å². The van der Waals surface area contributed by atoms with E-state index in [2.05, 4.69) is 4.90 Å². The summed E-state index contributed by atoms with van der Waals surface area (Å²) in [6.07, 6.45) is 5.40. The van der Waals surface area contributed by atoms with Crippen LogP contribution in [-0.4, -0.2) is 49.8 Å². The van der Waals surface area contributed by atoms with E-state index in [0.717, 1.165) is 26.3 Å². The van der Waals surface area contributed by atoms with E-state index >= 15 is 0 Å². The molecule has 1 heterocycles. The van der Waals surface area contributed by atoms with E-state index in [4.69, 9.17) is 9.47 Å². The summed E-state index contributed by atoms with van der Waals surface area (Å²) >= 11 is 0. The topological polar surface area (TPSA) is 38.8 Å². The molecule has 0 aromatic rings. The molecule has 2 fully saturated rings. The van der Waals surface area contributed by atoms with Gasteiger partial charge in [-0.05, 0) is 38.5 Å². The molecule has 1 saturated heterocycles. The maximum Gasteiger partial charge on any atom is 0.306 e. The number of carbonyl (C=O) groups is 1. The maximum absolute atomic E-state index is 11.4. The Kier molecular flexibility index (Phi) is 5.45. The van der Waals surface area contributed by atoms with E-state index in [1.54, 1.807) is 0 Å². The van der Waals surface area contributed by atoms with Gasteiger partial charge in [0.15, 0.2) is 0 Å². The highest BCUT2D eigenvalue weighted by atomic mass is 16.5. The van der Waals surface area contributed by atoms with Crippen LogP contribution in [0.3, 0.4) is 0 Å². The molecule has 0 aromatic carbocycles. The van der Waals surface area contributed by atoms with Crippen LogP contribution in [0.5, 0.6) is 0 Å². The highest BCUT2D eigenvalue weighted by Crippen LogP contribution is 2.30. The van der Waals surface area contributed by atoms with Crippen molar-refractivity contribution in [3.05, 3.63) is 0 Å². The third-order valence-corrected chi connectivity index (χ3v) is 4.14. The minimum atomic E-state index is -0.0210. The molecular weight excluding hydrogens is 230 g/mol. The van der Waals surface area contributed by atoms with Gasteiger partial charge in [0, 0.05) is 25.6 Å². The zero-order valence-electron chi connectivity index (χ0n) is 11.4. The lowest BCUT2D eigenvalue weighted by Crippen LogP contribution is -2.45. The van der Waals surface area contributed by atoms with Crippen LogP contribution >= 0.6 is 0 Å². The van der Waals surface area contributed by atoms with Crippen molar-refractivity contribution in [1.82, 2.24) is 4.90 Å². The lowest BCUT2D eigenvalue weighted by molar-refractivity contribution is -0.144. The van der Waals surface area contributed by atoms with Crippen molar-refractivity contribution in [3.63, 3.8) is 0 Å². The van der Waals surface area contributed by atoms with Crippen LogP contribution in [0.2, 0.25) is 0 Å². The smallest absolute Gasteiger partial charge is 0.306 e. The maximum atomic E-state index is 11.4. The van der Waals surface area contributed by atoms with Crippen molar-refractivity contribution < 1.29 is 14.3 Å². The molecule has 0 amide bonds. The van der Waals surface area contributed by atoms with E-state index in [9.17, 15) is 4.79 Å². The molecule has 0 aromatic heterocycles. The van der Waals surface area contributed by atoms with Gasteiger partial charge in [0.25, 0.3) is 0 Å². The predicted molar refractivity (Wildman–Crippen MR) is 69.4 cm³/mol. The Morgan fingerprint density at radius 2 is 1.89 bits per heavy atom. The molecule has 4 heteroatoms. The summed E-state index contributed by atoms with van der Waals surface area (Å²) < 4.78 is 10.4. The van der Waals surface area contributed by atoms with Crippen LogP contribution in [0.15, 0.2) is 0 Å². The highest BCUT2D eigenvalue weighted by Gasteiger charge is 2.28. The number of hydrogen-bond acceptors (Lipinski definition) is 4. The fourth-order valence-corrected chi connectivity index (χ4v) is 3.11. The Bertz CT molecular complexity index is 256. The van der Waals surface area contributed by atoms with Crippen LogP contribution in [0.25, 0.3) is 0 Å². The van der Waals surface area contributed by atoms with Gasteiger partial charge in [-0.15, -0.1) is 0 Å². The van der Waals surface area contributed by atoms with Crippen molar-refractivity contribution in [2.45, 2.75) is 45.1 Å². The molecule has 18 heavy (non-hydrogen) atoms. The molecule has 0 atom stereocenters. The monoisotopic (exact) mass is 255 g/mol. The number of ether oxygens (including phenoxy) is 2. The zero-order chi connectivity index (χ0) is 12.8. The normalized spacial score (nSPS) is 30.1. The Balaban J connectivity index is 1.69. The minimum Gasteiger partial charge on any atom is -0.466 e. The summed E-state index contributed by atoms with van der Waals surface area (Å²) in [6, 6.07) is 0.715. The molecule has 1 saturated carbocycles. The molecule has 0 spiro atoms. The lowest BCUT2D eigenvalue weighted by Gasteiger charge is -2.38. The van der Waals surface area contributed by atoms with E-state index in [1.165, 1.54) is 25.7 Å².